The summed E-state index contributed by atoms with van der Waals surface area (Å²) < 4.78 is 26.2. The number of hydrogen-bond donors (Lipinski definition) is 0. The molecule has 0 rings (SSSR count). The van der Waals surface area contributed by atoms with Crippen molar-refractivity contribution in [3.05, 3.63) is 11.4 Å². The van der Waals surface area contributed by atoms with Gasteiger partial charge in [0.15, 0.2) is 0 Å². The van der Waals surface area contributed by atoms with Crippen molar-refractivity contribution >= 4 is 13.6 Å². The van der Waals surface area contributed by atoms with Gasteiger partial charge in [0.2, 0.25) is 0 Å². The van der Waals surface area contributed by atoms with Crippen LogP contribution in [-0.4, -0.2) is 27.3 Å². The molecule has 0 radical (unpaired) electrons. The van der Waals surface area contributed by atoms with E-state index in [4.69, 9.17) is 9.05 Å². The maximum Gasteiger partial charge on any atom is 0.367 e. The van der Waals surface area contributed by atoms with Crippen LogP contribution in [0.3, 0.4) is 0 Å². The fourth-order valence-corrected chi connectivity index (χ4v) is 2.33. The minimum atomic E-state index is -3.54. The number of ether oxygens (including phenoxy) is 1. The number of methoxy groups -OCH3 is 1. The van der Waals surface area contributed by atoms with Crippen molar-refractivity contribution in [2.75, 3.05) is 21.3 Å². The minimum absolute atomic E-state index is 0.0469. The molecule has 0 aromatic rings. The molecule has 0 saturated heterocycles. The van der Waals surface area contributed by atoms with E-state index >= 15 is 0 Å². The smallest absolute Gasteiger partial charge is 0.367 e. The normalized spacial score (nSPS) is 14.7. The van der Waals surface area contributed by atoms with E-state index in [2.05, 4.69) is 4.74 Å². The number of rotatable bonds is 6. The first-order chi connectivity index (χ1) is 7.45. The van der Waals surface area contributed by atoms with Gasteiger partial charge in [0.25, 0.3) is 0 Å². The molecule has 1 atom stereocenters. The summed E-state index contributed by atoms with van der Waals surface area (Å²) in [4.78, 5) is 11.5. The van der Waals surface area contributed by atoms with Gasteiger partial charge in [-0.25, -0.2) is 4.79 Å². The first-order valence-corrected chi connectivity index (χ1v) is 6.51. The van der Waals surface area contributed by atoms with Gasteiger partial charge in [-0.1, -0.05) is 26.3 Å². The van der Waals surface area contributed by atoms with Crippen molar-refractivity contribution in [1.29, 1.82) is 0 Å². The van der Waals surface area contributed by atoms with Crippen molar-refractivity contribution in [2.45, 2.75) is 20.3 Å². The molecule has 0 saturated carbocycles. The zero-order valence-corrected chi connectivity index (χ0v) is 11.2. The van der Waals surface area contributed by atoms with Gasteiger partial charge in [-0.15, -0.1) is 0 Å². The third-order valence-electron chi connectivity index (χ3n) is 2.26. The topological polar surface area (TPSA) is 61.8 Å². The predicted molar refractivity (Wildman–Crippen MR) is 61.2 cm³/mol. The van der Waals surface area contributed by atoms with Crippen LogP contribution in [0.4, 0.5) is 0 Å². The average molecular weight is 250 g/mol. The van der Waals surface area contributed by atoms with Gasteiger partial charge in [0, 0.05) is 14.2 Å². The lowest BCUT2D eigenvalue weighted by atomic mass is 10.1. The van der Waals surface area contributed by atoms with Gasteiger partial charge in [-0.05, 0) is 5.92 Å². The van der Waals surface area contributed by atoms with Gasteiger partial charge in [-0.3, -0.25) is 4.57 Å². The van der Waals surface area contributed by atoms with Crippen molar-refractivity contribution in [3.63, 3.8) is 0 Å². The molecular formula is C10H19O5P. The second kappa shape index (κ2) is 6.84. The van der Waals surface area contributed by atoms with Crippen LogP contribution < -0.4 is 0 Å². The second-order valence-corrected chi connectivity index (χ2v) is 5.50. The van der Waals surface area contributed by atoms with Gasteiger partial charge in [0.1, 0.15) is 5.31 Å². The maximum absolute atomic E-state index is 12.1. The Balaban J connectivity index is 5.32. The van der Waals surface area contributed by atoms with Gasteiger partial charge < -0.3 is 13.8 Å². The van der Waals surface area contributed by atoms with Crippen LogP contribution in [0.1, 0.15) is 20.3 Å². The van der Waals surface area contributed by atoms with Crippen molar-refractivity contribution in [2.24, 2.45) is 5.92 Å². The quantitative estimate of drug-likeness (QED) is 0.412. The Labute approximate surface area is 96.3 Å². The van der Waals surface area contributed by atoms with Crippen LogP contribution >= 0.6 is 7.60 Å². The van der Waals surface area contributed by atoms with E-state index in [1.807, 2.05) is 13.8 Å². The number of allylic oxidation sites excluding steroid dienone is 1. The first kappa shape index (κ1) is 15.4. The van der Waals surface area contributed by atoms with Crippen LogP contribution in [0.5, 0.6) is 0 Å². The molecule has 5 nitrogen and oxygen atoms in total. The van der Waals surface area contributed by atoms with Crippen LogP contribution in [0.25, 0.3) is 0 Å². The largest absolute Gasteiger partial charge is 0.465 e. The zero-order valence-electron chi connectivity index (χ0n) is 10.4. The summed E-state index contributed by atoms with van der Waals surface area (Å²) in [5.41, 5.74) is 0. The van der Waals surface area contributed by atoms with Gasteiger partial charge in [0.05, 0.1) is 7.11 Å². The van der Waals surface area contributed by atoms with E-state index in [9.17, 15) is 9.36 Å². The lowest BCUT2D eigenvalue weighted by Crippen LogP contribution is -2.09. The number of carbonyl (C=O) groups excluding carboxylic acids is 1. The minimum Gasteiger partial charge on any atom is -0.465 e. The molecule has 16 heavy (non-hydrogen) atoms. The molecule has 0 spiro atoms. The molecule has 0 bridgehead atoms. The van der Waals surface area contributed by atoms with Gasteiger partial charge in [-0.2, -0.15) is 0 Å². The van der Waals surface area contributed by atoms with Crippen molar-refractivity contribution < 1.29 is 23.1 Å². The summed E-state index contributed by atoms with van der Waals surface area (Å²) in [7, 11) is 0.148. The third kappa shape index (κ3) is 3.74. The Kier molecular flexibility index (Phi) is 6.56. The van der Waals surface area contributed by atoms with Crippen LogP contribution in [0.2, 0.25) is 0 Å². The summed E-state index contributed by atoms with van der Waals surface area (Å²) >= 11 is 0. The van der Waals surface area contributed by atoms with E-state index in [0.29, 0.717) is 0 Å². The molecule has 0 heterocycles. The second-order valence-electron chi connectivity index (χ2n) is 3.29. The summed E-state index contributed by atoms with van der Waals surface area (Å²) in [5, 5.41) is -0.0469. The van der Waals surface area contributed by atoms with Crippen LogP contribution in [-0.2, 0) is 23.1 Å². The predicted octanol–water partition coefficient (Wildman–Crippen LogP) is 2.58. The van der Waals surface area contributed by atoms with E-state index < -0.39 is 13.6 Å². The zero-order chi connectivity index (χ0) is 12.8. The lowest BCUT2D eigenvalue weighted by molar-refractivity contribution is -0.135. The van der Waals surface area contributed by atoms with E-state index in [0.717, 1.165) is 6.42 Å². The molecular weight excluding hydrogens is 231 g/mol. The highest BCUT2D eigenvalue weighted by atomic mass is 31.2. The van der Waals surface area contributed by atoms with Crippen molar-refractivity contribution in [1.82, 2.24) is 0 Å². The molecule has 0 amide bonds. The standard InChI is InChI=1S/C10H19O5P/c1-6-8(2)7-9(10(11)13-3)16(12,14-4)15-5/h7-8H,6H2,1-5H3/t8-/m0/s1. The molecule has 0 fully saturated rings. The Morgan fingerprint density at radius 2 is 1.81 bits per heavy atom. The monoisotopic (exact) mass is 250 g/mol. The number of carbonyl (C=O) groups is 1. The fraction of sp³-hybridized carbons (Fsp3) is 0.700. The molecule has 0 aromatic heterocycles. The Hall–Kier alpha value is -0.640. The van der Waals surface area contributed by atoms with Crippen molar-refractivity contribution in [3.8, 4) is 0 Å². The Bertz CT molecular complexity index is 302. The van der Waals surface area contributed by atoms with Gasteiger partial charge >= 0.3 is 13.6 Å². The Morgan fingerprint density at radius 3 is 2.12 bits per heavy atom. The summed E-state index contributed by atoms with van der Waals surface area (Å²) in [5.74, 6) is -0.597. The molecule has 0 aliphatic carbocycles. The van der Waals surface area contributed by atoms with E-state index in [1.165, 1.54) is 21.3 Å². The highest BCUT2D eigenvalue weighted by Gasteiger charge is 2.34. The SMILES string of the molecule is CC[C@H](C)C=C(C(=O)OC)P(=O)(OC)OC. The average Bonchev–Trinajstić information content (AvgIpc) is 2.33. The van der Waals surface area contributed by atoms with E-state index in [-0.39, 0.29) is 11.2 Å². The fourth-order valence-electron chi connectivity index (χ4n) is 1.03. The molecule has 0 N–H and O–H groups in total. The molecule has 0 aliphatic heterocycles. The maximum atomic E-state index is 12.1. The number of hydrogen-bond acceptors (Lipinski definition) is 5. The molecule has 0 aromatic carbocycles. The summed E-state index contributed by atoms with van der Waals surface area (Å²) in [6.45, 7) is 3.86. The molecule has 94 valence electrons. The highest BCUT2D eigenvalue weighted by molar-refractivity contribution is 7.59. The lowest BCUT2D eigenvalue weighted by Gasteiger charge is -2.16. The summed E-state index contributed by atoms with van der Waals surface area (Å²) in [6, 6.07) is 0. The van der Waals surface area contributed by atoms with E-state index in [1.54, 1.807) is 6.08 Å². The van der Waals surface area contributed by atoms with Crippen LogP contribution in [0.15, 0.2) is 11.4 Å². The molecule has 0 aliphatic rings. The number of esters is 1. The van der Waals surface area contributed by atoms with Crippen LogP contribution in [0, 0.1) is 5.92 Å². The highest BCUT2D eigenvalue weighted by Crippen LogP contribution is 2.55. The molecule has 6 heteroatoms. The first-order valence-electron chi connectivity index (χ1n) is 4.97. The molecule has 0 unspecified atom stereocenters. The third-order valence-corrected chi connectivity index (χ3v) is 4.14. The Morgan fingerprint density at radius 1 is 1.31 bits per heavy atom. The summed E-state index contributed by atoms with van der Waals surface area (Å²) in [6.07, 6.45) is 2.38.